The quantitative estimate of drug-likeness (QED) is 0.669. The van der Waals surface area contributed by atoms with E-state index >= 15 is 0 Å². The van der Waals surface area contributed by atoms with Gasteiger partial charge in [0, 0.05) is 26.2 Å². The third-order valence-corrected chi connectivity index (χ3v) is 5.76. The summed E-state index contributed by atoms with van der Waals surface area (Å²) in [6, 6.07) is 8.30. The highest BCUT2D eigenvalue weighted by Crippen LogP contribution is 2.21. The standard InChI is InChI=1S/C23H34N2O4/c1-4-25(23(26)22-18(2)28-13-14-29-22)17-20-8-6-11-24(16-20)12-10-19-7-5-9-21(15-19)27-3/h5,7,9,15,20H,4,6,8,10-14,16-17H2,1-3H3/t20-/m1/s1. The average molecular weight is 403 g/mol. The lowest BCUT2D eigenvalue weighted by molar-refractivity contribution is -0.133. The molecule has 0 bridgehead atoms. The zero-order chi connectivity index (χ0) is 20.6. The van der Waals surface area contributed by atoms with Gasteiger partial charge in [0.1, 0.15) is 24.7 Å². The molecule has 0 aromatic heterocycles. The minimum Gasteiger partial charge on any atom is -0.497 e. The molecule has 1 aromatic rings. The van der Waals surface area contributed by atoms with Crippen LogP contribution in [0.5, 0.6) is 5.75 Å². The number of carbonyl (C=O) groups excluding carboxylic acids is 1. The van der Waals surface area contributed by atoms with Crippen molar-refractivity contribution in [2.24, 2.45) is 5.92 Å². The lowest BCUT2D eigenvalue weighted by atomic mass is 9.96. The Morgan fingerprint density at radius 3 is 2.90 bits per heavy atom. The van der Waals surface area contributed by atoms with Gasteiger partial charge in [-0.2, -0.15) is 0 Å². The van der Waals surface area contributed by atoms with Gasteiger partial charge in [0.05, 0.1) is 7.11 Å². The Morgan fingerprint density at radius 2 is 2.14 bits per heavy atom. The first-order valence-corrected chi connectivity index (χ1v) is 10.7. The molecule has 1 saturated heterocycles. The number of carbonyl (C=O) groups is 1. The Balaban J connectivity index is 1.53. The van der Waals surface area contributed by atoms with Crippen molar-refractivity contribution in [2.75, 3.05) is 53.0 Å². The highest BCUT2D eigenvalue weighted by molar-refractivity contribution is 5.92. The average Bonchev–Trinajstić information content (AvgIpc) is 2.76. The number of rotatable bonds is 8. The number of piperidine rings is 1. The number of nitrogens with zero attached hydrogens (tertiary/aromatic N) is 2. The second-order valence-electron chi connectivity index (χ2n) is 7.84. The van der Waals surface area contributed by atoms with Crippen molar-refractivity contribution in [3.8, 4) is 5.75 Å². The zero-order valence-corrected chi connectivity index (χ0v) is 18.0. The van der Waals surface area contributed by atoms with Crippen LogP contribution in [-0.4, -0.2) is 68.8 Å². The third-order valence-electron chi connectivity index (χ3n) is 5.76. The van der Waals surface area contributed by atoms with Gasteiger partial charge in [-0.3, -0.25) is 4.79 Å². The van der Waals surface area contributed by atoms with E-state index in [2.05, 4.69) is 17.0 Å². The molecule has 2 aliphatic heterocycles. The van der Waals surface area contributed by atoms with Crippen molar-refractivity contribution >= 4 is 5.91 Å². The van der Waals surface area contributed by atoms with Crippen molar-refractivity contribution in [2.45, 2.75) is 33.1 Å². The van der Waals surface area contributed by atoms with E-state index < -0.39 is 0 Å². The number of likely N-dealkylation sites (tertiary alicyclic amines) is 1. The van der Waals surface area contributed by atoms with E-state index in [0.29, 0.717) is 37.2 Å². The molecule has 1 fully saturated rings. The van der Waals surface area contributed by atoms with Crippen LogP contribution in [-0.2, 0) is 20.7 Å². The van der Waals surface area contributed by atoms with Crippen LogP contribution in [0.15, 0.2) is 35.8 Å². The van der Waals surface area contributed by atoms with Gasteiger partial charge in [0.15, 0.2) is 0 Å². The maximum Gasteiger partial charge on any atom is 0.292 e. The van der Waals surface area contributed by atoms with Crippen molar-refractivity contribution in [1.82, 2.24) is 9.80 Å². The molecule has 0 radical (unpaired) electrons. The monoisotopic (exact) mass is 402 g/mol. The first-order chi connectivity index (χ1) is 14.1. The number of methoxy groups -OCH3 is 1. The summed E-state index contributed by atoms with van der Waals surface area (Å²) >= 11 is 0. The van der Waals surface area contributed by atoms with Crippen LogP contribution in [0, 0.1) is 5.92 Å². The van der Waals surface area contributed by atoms with Gasteiger partial charge in [-0.05, 0) is 63.3 Å². The van der Waals surface area contributed by atoms with Crippen molar-refractivity contribution < 1.29 is 19.0 Å². The molecule has 1 aromatic carbocycles. The van der Waals surface area contributed by atoms with Gasteiger partial charge in [0.25, 0.3) is 5.91 Å². The molecular formula is C23H34N2O4. The van der Waals surface area contributed by atoms with E-state index in [1.54, 1.807) is 14.0 Å². The molecule has 0 unspecified atom stereocenters. The summed E-state index contributed by atoms with van der Waals surface area (Å²) < 4.78 is 16.4. The summed E-state index contributed by atoms with van der Waals surface area (Å²) in [7, 11) is 1.71. The molecule has 0 spiro atoms. The molecular weight excluding hydrogens is 368 g/mol. The first-order valence-electron chi connectivity index (χ1n) is 10.7. The Labute approximate surface area is 174 Å². The molecule has 0 saturated carbocycles. The fourth-order valence-electron chi connectivity index (χ4n) is 4.15. The molecule has 0 aliphatic carbocycles. The van der Waals surface area contributed by atoms with Crippen LogP contribution in [0.25, 0.3) is 0 Å². The zero-order valence-electron chi connectivity index (χ0n) is 18.0. The van der Waals surface area contributed by atoms with E-state index in [0.717, 1.165) is 44.8 Å². The Morgan fingerprint density at radius 1 is 1.31 bits per heavy atom. The lowest BCUT2D eigenvalue weighted by Crippen LogP contribution is -2.44. The molecule has 1 amide bonds. The summed E-state index contributed by atoms with van der Waals surface area (Å²) in [6.45, 7) is 9.43. The molecule has 2 heterocycles. The van der Waals surface area contributed by atoms with Gasteiger partial charge < -0.3 is 24.0 Å². The number of likely N-dealkylation sites (N-methyl/N-ethyl adjacent to an activating group) is 1. The topological polar surface area (TPSA) is 51.2 Å². The number of allylic oxidation sites excluding steroid dienone is 1. The van der Waals surface area contributed by atoms with Crippen LogP contribution >= 0.6 is 0 Å². The minimum atomic E-state index is -0.0433. The lowest BCUT2D eigenvalue weighted by Gasteiger charge is -2.36. The Bertz CT molecular complexity index is 719. The van der Waals surface area contributed by atoms with Crippen LogP contribution in [0.2, 0.25) is 0 Å². The smallest absolute Gasteiger partial charge is 0.292 e. The van der Waals surface area contributed by atoms with Gasteiger partial charge in [-0.1, -0.05) is 12.1 Å². The molecule has 29 heavy (non-hydrogen) atoms. The van der Waals surface area contributed by atoms with E-state index in [1.807, 2.05) is 24.0 Å². The fraction of sp³-hybridized carbons (Fsp3) is 0.609. The highest BCUT2D eigenvalue weighted by Gasteiger charge is 2.28. The molecule has 6 nitrogen and oxygen atoms in total. The Kier molecular flexibility index (Phi) is 7.81. The molecule has 3 rings (SSSR count). The van der Waals surface area contributed by atoms with Crippen molar-refractivity contribution in [3.05, 3.63) is 41.3 Å². The molecule has 6 heteroatoms. The number of hydrogen-bond acceptors (Lipinski definition) is 5. The van der Waals surface area contributed by atoms with E-state index in [-0.39, 0.29) is 5.91 Å². The van der Waals surface area contributed by atoms with Crippen LogP contribution < -0.4 is 4.74 Å². The minimum absolute atomic E-state index is 0.0433. The predicted octanol–water partition coefficient (Wildman–Crippen LogP) is 3.08. The van der Waals surface area contributed by atoms with Crippen molar-refractivity contribution in [1.29, 1.82) is 0 Å². The summed E-state index contributed by atoms with van der Waals surface area (Å²) in [6.07, 6.45) is 3.35. The first kappa shape index (κ1) is 21.5. The van der Waals surface area contributed by atoms with E-state index in [4.69, 9.17) is 14.2 Å². The molecule has 0 N–H and O–H groups in total. The van der Waals surface area contributed by atoms with Gasteiger partial charge in [0.2, 0.25) is 5.76 Å². The summed E-state index contributed by atoms with van der Waals surface area (Å²) in [4.78, 5) is 17.3. The summed E-state index contributed by atoms with van der Waals surface area (Å²) in [5, 5.41) is 0. The van der Waals surface area contributed by atoms with E-state index in [9.17, 15) is 4.79 Å². The number of hydrogen-bond donors (Lipinski definition) is 0. The molecule has 1 atom stereocenters. The SMILES string of the molecule is CCN(C[C@@H]1CCCN(CCc2cccc(OC)c2)C1)C(=O)C1=C(C)OCCO1. The predicted molar refractivity (Wildman–Crippen MR) is 113 cm³/mol. The second kappa shape index (κ2) is 10.5. The van der Waals surface area contributed by atoms with Gasteiger partial charge >= 0.3 is 0 Å². The number of amides is 1. The third kappa shape index (κ3) is 5.89. The van der Waals surface area contributed by atoms with E-state index in [1.165, 1.54) is 12.0 Å². The normalized spacial score (nSPS) is 20.0. The Hall–Kier alpha value is -2.21. The van der Waals surface area contributed by atoms with Gasteiger partial charge in [-0.15, -0.1) is 0 Å². The highest BCUT2D eigenvalue weighted by atomic mass is 16.6. The molecule has 160 valence electrons. The fourth-order valence-corrected chi connectivity index (χ4v) is 4.15. The van der Waals surface area contributed by atoms with Crippen LogP contribution in [0.1, 0.15) is 32.3 Å². The number of benzene rings is 1. The number of ether oxygens (including phenoxy) is 3. The van der Waals surface area contributed by atoms with Crippen LogP contribution in [0.4, 0.5) is 0 Å². The van der Waals surface area contributed by atoms with Crippen LogP contribution in [0.3, 0.4) is 0 Å². The maximum absolute atomic E-state index is 12.9. The summed E-state index contributed by atoms with van der Waals surface area (Å²) in [5.74, 6) is 2.34. The maximum atomic E-state index is 12.9. The van der Waals surface area contributed by atoms with Gasteiger partial charge in [-0.25, -0.2) is 0 Å². The van der Waals surface area contributed by atoms with Crippen molar-refractivity contribution in [3.63, 3.8) is 0 Å². The summed E-state index contributed by atoms with van der Waals surface area (Å²) in [5.41, 5.74) is 1.30. The largest absolute Gasteiger partial charge is 0.497 e. The second-order valence-corrected chi connectivity index (χ2v) is 7.84. The molecule has 2 aliphatic rings.